The Morgan fingerprint density at radius 3 is 2.73 bits per heavy atom. The zero-order valence-electron chi connectivity index (χ0n) is 5.93. The van der Waals surface area contributed by atoms with Gasteiger partial charge in [0.2, 0.25) is 0 Å². The minimum Gasteiger partial charge on any atom is -0.192 e. The van der Waals surface area contributed by atoms with E-state index in [4.69, 9.17) is 5.26 Å². The van der Waals surface area contributed by atoms with Crippen LogP contribution in [0, 0.1) is 18.3 Å². The van der Waals surface area contributed by atoms with Crippen molar-refractivity contribution in [2.75, 3.05) is 0 Å². The predicted molar refractivity (Wildman–Crippen MR) is 50.8 cm³/mol. The van der Waals surface area contributed by atoms with Gasteiger partial charge in [-0.15, -0.1) is 12.6 Å². The number of nitrogens with zero attached hydrogens (tertiary/aromatic N) is 1. The van der Waals surface area contributed by atoms with Crippen LogP contribution in [0.15, 0.2) is 21.5 Å². The summed E-state index contributed by atoms with van der Waals surface area (Å²) in [7, 11) is 0. The van der Waals surface area contributed by atoms with Crippen molar-refractivity contribution in [3.05, 3.63) is 27.7 Å². The second kappa shape index (κ2) is 3.29. The van der Waals surface area contributed by atoms with Gasteiger partial charge in [0.25, 0.3) is 0 Å². The molecule has 0 amide bonds. The van der Waals surface area contributed by atoms with Crippen LogP contribution in [0.25, 0.3) is 0 Å². The minimum atomic E-state index is 0.619. The molecule has 0 aliphatic rings. The van der Waals surface area contributed by atoms with Crippen LogP contribution in [0.4, 0.5) is 0 Å². The molecular weight excluding hydrogens is 222 g/mol. The van der Waals surface area contributed by atoms with Crippen LogP contribution in [0.1, 0.15) is 11.1 Å². The molecule has 0 fully saturated rings. The van der Waals surface area contributed by atoms with E-state index < -0.39 is 0 Å². The summed E-state index contributed by atoms with van der Waals surface area (Å²) >= 11 is 7.56. The highest BCUT2D eigenvalue weighted by molar-refractivity contribution is 9.10. The van der Waals surface area contributed by atoms with Crippen molar-refractivity contribution < 1.29 is 0 Å². The summed E-state index contributed by atoms with van der Waals surface area (Å²) in [4.78, 5) is 0.752. The Morgan fingerprint density at radius 2 is 2.18 bits per heavy atom. The van der Waals surface area contributed by atoms with Gasteiger partial charge in [-0.2, -0.15) is 5.26 Å². The highest BCUT2D eigenvalue weighted by Crippen LogP contribution is 2.25. The number of hydrogen-bond acceptors (Lipinski definition) is 2. The van der Waals surface area contributed by atoms with E-state index in [9.17, 15) is 0 Å². The molecule has 0 bridgehead atoms. The fraction of sp³-hybridized carbons (Fsp3) is 0.125. The molecule has 0 spiro atoms. The largest absolute Gasteiger partial charge is 0.192 e. The van der Waals surface area contributed by atoms with E-state index in [1.807, 2.05) is 13.0 Å². The van der Waals surface area contributed by atoms with E-state index in [2.05, 4.69) is 34.6 Å². The summed E-state index contributed by atoms with van der Waals surface area (Å²) in [6.45, 7) is 1.92. The predicted octanol–water partition coefficient (Wildman–Crippen LogP) is 2.92. The second-order valence-corrected chi connectivity index (χ2v) is 3.48. The van der Waals surface area contributed by atoms with Gasteiger partial charge in [-0.3, -0.25) is 0 Å². The third-order valence-corrected chi connectivity index (χ3v) is 2.92. The van der Waals surface area contributed by atoms with E-state index in [-0.39, 0.29) is 0 Å². The number of benzene rings is 1. The van der Waals surface area contributed by atoms with Gasteiger partial charge in [-0.1, -0.05) is 15.9 Å². The van der Waals surface area contributed by atoms with Gasteiger partial charge in [0, 0.05) is 9.37 Å². The van der Waals surface area contributed by atoms with Crippen molar-refractivity contribution in [1.29, 1.82) is 5.26 Å². The molecule has 0 aliphatic heterocycles. The lowest BCUT2D eigenvalue weighted by molar-refractivity contribution is 1.25. The van der Waals surface area contributed by atoms with Gasteiger partial charge >= 0.3 is 0 Å². The molecular formula is C8H6BrNS. The molecule has 3 heteroatoms. The first-order valence-corrected chi connectivity index (χ1v) is 4.29. The van der Waals surface area contributed by atoms with Gasteiger partial charge in [0.05, 0.1) is 5.56 Å². The number of hydrogen-bond donors (Lipinski definition) is 1. The average Bonchev–Trinajstić information content (AvgIpc) is 2.01. The Bertz CT molecular complexity index is 328. The minimum absolute atomic E-state index is 0.619. The van der Waals surface area contributed by atoms with Crippen molar-refractivity contribution >= 4 is 28.6 Å². The number of rotatable bonds is 0. The lowest BCUT2D eigenvalue weighted by Gasteiger charge is -2.02. The standard InChI is InChI=1S/C8H6BrNS/c1-5-7(9)3-2-6(4-10)8(5)11/h2-3,11H,1H3. The van der Waals surface area contributed by atoms with Crippen LogP contribution in [0.3, 0.4) is 0 Å². The monoisotopic (exact) mass is 227 g/mol. The molecule has 0 N–H and O–H groups in total. The van der Waals surface area contributed by atoms with Gasteiger partial charge in [-0.25, -0.2) is 0 Å². The molecule has 11 heavy (non-hydrogen) atoms. The van der Waals surface area contributed by atoms with Crippen LogP contribution in [-0.2, 0) is 0 Å². The molecule has 0 saturated heterocycles. The first-order valence-electron chi connectivity index (χ1n) is 3.05. The van der Waals surface area contributed by atoms with E-state index in [0.29, 0.717) is 5.56 Å². The Labute approximate surface area is 79.6 Å². The molecule has 0 radical (unpaired) electrons. The van der Waals surface area contributed by atoms with Gasteiger partial charge in [-0.05, 0) is 24.6 Å². The SMILES string of the molecule is Cc1c(Br)ccc(C#N)c1S. The molecule has 1 aromatic carbocycles. The fourth-order valence-corrected chi connectivity index (χ4v) is 1.49. The highest BCUT2D eigenvalue weighted by Gasteiger charge is 2.03. The van der Waals surface area contributed by atoms with Gasteiger partial charge in [0.15, 0.2) is 0 Å². The van der Waals surface area contributed by atoms with Crippen molar-refractivity contribution in [2.24, 2.45) is 0 Å². The van der Waals surface area contributed by atoms with Gasteiger partial charge in [0.1, 0.15) is 6.07 Å². The maximum absolute atomic E-state index is 8.62. The van der Waals surface area contributed by atoms with E-state index >= 15 is 0 Å². The van der Waals surface area contributed by atoms with Crippen LogP contribution in [-0.4, -0.2) is 0 Å². The number of halogens is 1. The van der Waals surface area contributed by atoms with Crippen molar-refractivity contribution in [2.45, 2.75) is 11.8 Å². The summed E-state index contributed by atoms with van der Waals surface area (Å²) in [6.07, 6.45) is 0. The molecule has 0 heterocycles. The van der Waals surface area contributed by atoms with Crippen LogP contribution in [0.2, 0.25) is 0 Å². The third-order valence-electron chi connectivity index (χ3n) is 1.49. The van der Waals surface area contributed by atoms with Crippen LogP contribution in [0.5, 0.6) is 0 Å². The number of nitriles is 1. The van der Waals surface area contributed by atoms with E-state index in [1.165, 1.54) is 0 Å². The molecule has 0 atom stereocenters. The summed E-state index contributed by atoms with van der Waals surface area (Å²) in [5.41, 5.74) is 1.63. The van der Waals surface area contributed by atoms with Crippen molar-refractivity contribution in [3.8, 4) is 6.07 Å². The molecule has 1 aromatic rings. The normalized spacial score (nSPS) is 9.27. The second-order valence-electron chi connectivity index (χ2n) is 2.18. The highest BCUT2D eigenvalue weighted by atomic mass is 79.9. The summed E-state index contributed by atoms with van der Waals surface area (Å²) in [6, 6.07) is 5.67. The lowest BCUT2D eigenvalue weighted by Crippen LogP contribution is -1.83. The smallest absolute Gasteiger partial charge is 0.100 e. The topological polar surface area (TPSA) is 23.8 Å². The molecule has 0 aliphatic carbocycles. The van der Waals surface area contributed by atoms with E-state index in [0.717, 1.165) is 14.9 Å². The fourth-order valence-electron chi connectivity index (χ4n) is 0.766. The summed E-state index contributed by atoms with van der Waals surface area (Å²) < 4.78 is 0.988. The number of thiol groups is 1. The molecule has 1 rings (SSSR count). The first kappa shape index (κ1) is 8.63. The van der Waals surface area contributed by atoms with Crippen molar-refractivity contribution in [1.82, 2.24) is 0 Å². The zero-order valence-corrected chi connectivity index (χ0v) is 8.41. The molecule has 0 unspecified atom stereocenters. The Morgan fingerprint density at radius 1 is 1.55 bits per heavy atom. The molecule has 1 nitrogen and oxygen atoms in total. The van der Waals surface area contributed by atoms with E-state index in [1.54, 1.807) is 6.07 Å². The molecule has 0 saturated carbocycles. The van der Waals surface area contributed by atoms with Crippen LogP contribution < -0.4 is 0 Å². The maximum Gasteiger partial charge on any atom is 0.100 e. The lowest BCUT2D eigenvalue weighted by atomic mass is 10.1. The molecule has 56 valence electrons. The zero-order chi connectivity index (χ0) is 8.43. The molecule has 0 aromatic heterocycles. The first-order chi connectivity index (χ1) is 5.16. The quantitative estimate of drug-likeness (QED) is 0.678. The average molecular weight is 228 g/mol. The van der Waals surface area contributed by atoms with Gasteiger partial charge < -0.3 is 0 Å². The Hall–Kier alpha value is -0.460. The maximum atomic E-state index is 8.62. The Kier molecular flexibility index (Phi) is 2.58. The summed E-state index contributed by atoms with van der Waals surface area (Å²) in [5, 5.41) is 8.62. The van der Waals surface area contributed by atoms with Crippen LogP contribution >= 0.6 is 28.6 Å². The third kappa shape index (κ3) is 1.58. The Balaban J connectivity index is 3.40. The van der Waals surface area contributed by atoms with Crippen molar-refractivity contribution in [3.63, 3.8) is 0 Å². The summed E-state index contributed by atoms with van der Waals surface area (Å²) in [5.74, 6) is 0.